The van der Waals surface area contributed by atoms with Gasteiger partial charge in [0.2, 0.25) is 11.5 Å². The summed E-state index contributed by atoms with van der Waals surface area (Å²) in [6.07, 6.45) is -3.81. The first kappa shape index (κ1) is 29.2. The van der Waals surface area contributed by atoms with E-state index in [1.54, 1.807) is 6.92 Å². The molecular weight excluding hydrogens is 536 g/mol. The first-order chi connectivity index (χ1) is 17.7. The highest BCUT2D eigenvalue weighted by Crippen LogP contribution is 2.32. The Bertz CT molecular complexity index is 1360. The van der Waals surface area contributed by atoms with E-state index < -0.39 is 46.2 Å². The summed E-state index contributed by atoms with van der Waals surface area (Å²) >= 11 is 0. The van der Waals surface area contributed by atoms with Crippen LogP contribution in [0.3, 0.4) is 0 Å². The quantitative estimate of drug-likeness (QED) is 0.148. The molecule has 0 radical (unpaired) electrons. The van der Waals surface area contributed by atoms with Crippen LogP contribution < -0.4 is 10.9 Å². The number of hydrogen-bond donors (Lipinski definition) is 2. The van der Waals surface area contributed by atoms with Gasteiger partial charge in [0.25, 0.3) is 0 Å². The second-order valence-corrected chi connectivity index (χ2v) is 9.90. The number of halogens is 4. The number of allylic oxidation sites excluding steroid dienone is 1. The van der Waals surface area contributed by atoms with Crippen LogP contribution in [0.15, 0.2) is 44.4 Å². The Morgan fingerprint density at radius 1 is 1.34 bits per heavy atom. The predicted molar refractivity (Wildman–Crippen MR) is 128 cm³/mol. The van der Waals surface area contributed by atoms with Gasteiger partial charge in [-0.05, 0) is 50.8 Å². The molecule has 0 spiro atoms. The van der Waals surface area contributed by atoms with Crippen LogP contribution in [0.1, 0.15) is 47.5 Å². The molecule has 1 saturated carbocycles. The van der Waals surface area contributed by atoms with Crippen LogP contribution in [-0.2, 0) is 27.2 Å². The highest BCUT2D eigenvalue weighted by molar-refractivity contribution is 7.84. The van der Waals surface area contributed by atoms with Gasteiger partial charge in [-0.3, -0.25) is 18.7 Å². The van der Waals surface area contributed by atoms with Crippen LogP contribution in [-0.4, -0.2) is 54.9 Å². The lowest BCUT2D eigenvalue weighted by molar-refractivity contribution is -0.153. The number of rotatable bonds is 10. The number of aromatic nitrogens is 2. The van der Waals surface area contributed by atoms with Gasteiger partial charge < -0.3 is 10.2 Å². The monoisotopic (exact) mass is 562 g/mol. The van der Waals surface area contributed by atoms with Crippen molar-refractivity contribution in [2.75, 3.05) is 6.61 Å². The minimum absolute atomic E-state index is 0.00263. The molecule has 3 atom stereocenters. The first-order valence-corrected chi connectivity index (χ1v) is 12.7. The summed E-state index contributed by atoms with van der Waals surface area (Å²) in [7, 11) is -4.17. The van der Waals surface area contributed by atoms with Gasteiger partial charge in [-0.25, -0.2) is 14.5 Å². The van der Waals surface area contributed by atoms with Crippen molar-refractivity contribution >= 4 is 28.1 Å². The van der Waals surface area contributed by atoms with Crippen molar-refractivity contribution < 1.29 is 39.4 Å². The van der Waals surface area contributed by atoms with E-state index in [1.165, 1.54) is 23.7 Å². The number of aliphatic imine (C=N–C) groups is 2. The van der Waals surface area contributed by atoms with E-state index in [1.807, 2.05) is 0 Å². The van der Waals surface area contributed by atoms with Gasteiger partial charge in [-0.1, -0.05) is 0 Å². The highest BCUT2D eigenvalue weighted by atomic mass is 32.2. The molecule has 2 aromatic rings. The molecule has 3 rings (SSSR count). The SMILES string of the molecule is CC(=NC1CC(COS(N)(=O)=O)CC1F)/C(=C\N=CN)C(=O)c1cc(C)n(Cc2ccc(C(F)(F)F)o2)n1. The summed E-state index contributed by atoms with van der Waals surface area (Å²) in [5.74, 6) is -2.24. The number of alkyl halides is 4. The van der Waals surface area contributed by atoms with E-state index in [4.69, 9.17) is 15.3 Å². The van der Waals surface area contributed by atoms with Gasteiger partial charge in [-0.2, -0.15) is 26.7 Å². The van der Waals surface area contributed by atoms with Crippen molar-refractivity contribution in [3.8, 4) is 0 Å². The van der Waals surface area contributed by atoms with E-state index in [0.717, 1.165) is 18.6 Å². The van der Waals surface area contributed by atoms with Crippen LogP contribution in [0.4, 0.5) is 17.6 Å². The van der Waals surface area contributed by atoms with Crippen molar-refractivity contribution in [2.45, 2.75) is 51.6 Å². The normalized spacial score (nSPS) is 21.5. The fraction of sp³-hybridized carbons (Fsp3) is 0.455. The standard InChI is InChI=1S/C22H26F4N6O5S/c1-12-5-19(31-32(12)9-15-3-4-20(37-15)22(24,25)26)21(33)16(8-29-11-27)13(2)30-18-7-14(6-17(18)23)10-36-38(28,34)35/h3-5,8,11,14,17-18H,6-7,9-10H2,1-2H3,(H2,27,29)(H2,28,34,35)/b16-8+,30-13?. The minimum atomic E-state index is -4.63. The van der Waals surface area contributed by atoms with Crippen molar-refractivity contribution in [3.05, 3.63) is 52.9 Å². The summed E-state index contributed by atoms with van der Waals surface area (Å²) in [6.45, 7) is 2.63. The Labute approximate surface area is 215 Å². The molecule has 0 aromatic carbocycles. The number of carbonyl (C=O) groups is 1. The Hall–Kier alpha value is -3.37. The third-order valence-electron chi connectivity index (χ3n) is 5.76. The second-order valence-electron chi connectivity index (χ2n) is 8.67. The summed E-state index contributed by atoms with van der Waals surface area (Å²) in [5, 5.41) is 9.00. The molecule has 4 N–H and O–H groups in total. The maximum atomic E-state index is 14.6. The van der Waals surface area contributed by atoms with Crippen LogP contribution >= 0.6 is 0 Å². The molecule has 1 fully saturated rings. The fourth-order valence-corrected chi connectivity index (χ4v) is 4.34. The third kappa shape index (κ3) is 7.58. The average molecular weight is 563 g/mol. The van der Waals surface area contributed by atoms with Gasteiger partial charge >= 0.3 is 16.5 Å². The van der Waals surface area contributed by atoms with Gasteiger partial charge in [0.15, 0.2) is 0 Å². The van der Waals surface area contributed by atoms with Crippen molar-refractivity contribution in [2.24, 2.45) is 26.8 Å². The maximum Gasteiger partial charge on any atom is 0.449 e. The van der Waals surface area contributed by atoms with Gasteiger partial charge in [0.05, 0.1) is 31.1 Å². The molecule has 2 heterocycles. The van der Waals surface area contributed by atoms with Gasteiger partial charge in [-0.15, -0.1) is 0 Å². The number of carbonyl (C=O) groups excluding carboxylic acids is 1. The molecule has 2 aromatic heterocycles. The highest BCUT2D eigenvalue weighted by Gasteiger charge is 2.36. The zero-order valence-corrected chi connectivity index (χ0v) is 21.2. The zero-order valence-electron chi connectivity index (χ0n) is 20.4. The Morgan fingerprint density at radius 3 is 2.66 bits per heavy atom. The molecule has 0 bridgehead atoms. The largest absolute Gasteiger partial charge is 0.455 e. The number of aryl methyl sites for hydroxylation is 1. The van der Waals surface area contributed by atoms with Crippen LogP contribution in [0.25, 0.3) is 0 Å². The summed E-state index contributed by atoms with van der Waals surface area (Å²) in [6, 6.07) is 2.53. The summed E-state index contributed by atoms with van der Waals surface area (Å²) in [5.41, 5.74) is 5.81. The van der Waals surface area contributed by atoms with Gasteiger partial charge in [0, 0.05) is 17.6 Å². The second kappa shape index (κ2) is 11.6. The number of nitrogens with zero attached hydrogens (tertiary/aromatic N) is 4. The average Bonchev–Trinajstić information content (AvgIpc) is 3.52. The first-order valence-electron chi connectivity index (χ1n) is 11.2. The molecule has 1 aliphatic carbocycles. The van der Waals surface area contributed by atoms with Gasteiger partial charge in [0.1, 0.15) is 17.6 Å². The van der Waals surface area contributed by atoms with E-state index >= 15 is 0 Å². The Balaban J connectivity index is 1.79. The lowest BCUT2D eigenvalue weighted by Gasteiger charge is -2.11. The van der Waals surface area contributed by atoms with Crippen LogP contribution in [0, 0.1) is 12.8 Å². The minimum Gasteiger partial charge on any atom is -0.455 e. The van der Waals surface area contributed by atoms with E-state index in [9.17, 15) is 30.8 Å². The molecule has 1 aliphatic rings. The lowest BCUT2D eigenvalue weighted by Crippen LogP contribution is -2.20. The summed E-state index contributed by atoms with van der Waals surface area (Å²) < 4.78 is 85.7. The third-order valence-corrected chi connectivity index (χ3v) is 6.23. The predicted octanol–water partition coefficient (Wildman–Crippen LogP) is 2.70. The fourth-order valence-electron chi connectivity index (χ4n) is 3.96. The van der Waals surface area contributed by atoms with Crippen LogP contribution in [0.2, 0.25) is 0 Å². The molecule has 3 unspecified atom stereocenters. The smallest absolute Gasteiger partial charge is 0.449 e. The van der Waals surface area contributed by atoms with E-state index in [0.29, 0.717) is 5.69 Å². The van der Waals surface area contributed by atoms with Crippen molar-refractivity contribution in [1.82, 2.24) is 9.78 Å². The van der Waals surface area contributed by atoms with Crippen molar-refractivity contribution in [1.29, 1.82) is 0 Å². The van der Waals surface area contributed by atoms with E-state index in [2.05, 4.69) is 19.3 Å². The molecule has 208 valence electrons. The topological polar surface area (TPSA) is 168 Å². The molecule has 0 aliphatic heterocycles. The van der Waals surface area contributed by atoms with Crippen molar-refractivity contribution in [3.63, 3.8) is 0 Å². The zero-order chi connectivity index (χ0) is 28.3. The molecule has 11 nitrogen and oxygen atoms in total. The molecular formula is C22H26F4N6O5S. The number of hydrogen-bond acceptors (Lipinski definition) is 8. The molecule has 0 saturated heterocycles. The number of Topliss-reactive ketones (excluding diaryl/α,β-unsaturated/α-hetero) is 1. The maximum absolute atomic E-state index is 14.6. The Morgan fingerprint density at radius 2 is 2.05 bits per heavy atom. The molecule has 16 heteroatoms. The number of nitrogens with two attached hydrogens (primary N) is 2. The Kier molecular flexibility index (Phi) is 8.89. The van der Waals surface area contributed by atoms with E-state index in [-0.39, 0.29) is 48.7 Å². The lowest BCUT2D eigenvalue weighted by atomic mass is 10.0. The summed E-state index contributed by atoms with van der Waals surface area (Å²) in [4.78, 5) is 21.4. The van der Waals surface area contributed by atoms with Crippen LogP contribution in [0.5, 0.6) is 0 Å². The number of ketones is 1. The molecule has 0 amide bonds. The molecule has 38 heavy (non-hydrogen) atoms. The number of furan rings is 1.